The summed E-state index contributed by atoms with van der Waals surface area (Å²) in [6.07, 6.45) is -0.325. The molecule has 1 heterocycles. The molecule has 3 aromatic carbocycles. The summed E-state index contributed by atoms with van der Waals surface area (Å²) < 4.78 is 39.5. The Balaban J connectivity index is 0.00000141. The van der Waals surface area contributed by atoms with Crippen molar-refractivity contribution in [2.24, 2.45) is 4.99 Å². The van der Waals surface area contributed by atoms with Gasteiger partial charge < -0.3 is 9.47 Å². The normalized spacial score (nSPS) is 17.2. The van der Waals surface area contributed by atoms with Crippen LogP contribution in [-0.4, -0.2) is 18.6 Å². The highest BCUT2D eigenvalue weighted by Gasteiger charge is 2.32. The van der Waals surface area contributed by atoms with Crippen LogP contribution in [-0.2, 0) is 4.74 Å². The average Bonchev–Trinajstić information content (AvgIpc) is 3.16. The quantitative estimate of drug-likeness (QED) is 0.420. The second kappa shape index (κ2) is 10.4. The maximum atomic E-state index is 14.1. The van der Waals surface area contributed by atoms with E-state index in [0.717, 1.165) is 28.0 Å². The predicted octanol–water partition coefficient (Wildman–Crippen LogP) is 7.27. The summed E-state index contributed by atoms with van der Waals surface area (Å²) in [5.41, 5.74) is 3.97. The highest BCUT2D eigenvalue weighted by atomic mass is 19.1. The van der Waals surface area contributed by atoms with Gasteiger partial charge in [-0.15, -0.1) is 0 Å². The number of hydrogen-bond acceptors (Lipinski definition) is 3. The molecule has 32 heavy (non-hydrogen) atoms. The fraction of sp³-hybridized carbons (Fsp3) is 0.296. The number of nitrogens with zero attached hydrogens (tertiary/aromatic N) is 1. The lowest BCUT2D eigenvalue weighted by atomic mass is 9.94. The maximum Gasteiger partial charge on any atom is 0.223 e. The number of benzene rings is 3. The van der Waals surface area contributed by atoms with Gasteiger partial charge in [0, 0.05) is 0 Å². The van der Waals surface area contributed by atoms with Crippen LogP contribution in [0.15, 0.2) is 65.7 Å². The molecule has 1 aliphatic rings. The Bertz CT molecular complexity index is 1070. The van der Waals surface area contributed by atoms with Gasteiger partial charge in [-0.25, -0.2) is 13.8 Å². The third kappa shape index (κ3) is 4.82. The van der Waals surface area contributed by atoms with Crippen molar-refractivity contribution < 1.29 is 18.3 Å². The molecule has 0 amide bonds. The summed E-state index contributed by atoms with van der Waals surface area (Å²) in [6, 6.07) is 17.5. The van der Waals surface area contributed by atoms with Crippen molar-refractivity contribution >= 4 is 5.90 Å². The van der Waals surface area contributed by atoms with E-state index in [4.69, 9.17) is 9.47 Å². The Morgan fingerprint density at radius 3 is 2.16 bits per heavy atom. The smallest absolute Gasteiger partial charge is 0.223 e. The predicted molar refractivity (Wildman–Crippen MR) is 125 cm³/mol. The zero-order chi connectivity index (χ0) is 23.3. The summed E-state index contributed by atoms with van der Waals surface area (Å²) in [5.74, 6) is -0.500. The molecule has 0 aromatic heterocycles. The van der Waals surface area contributed by atoms with Gasteiger partial charge in [0.15, 0.2) is 0 Å². The van der Waals surface area contributed by atoms with Gasteiger partial charge in [-0.2, -0.15) is 0 Å². The van der Waals surface area contributed by atoms with Crippen LogP contribution in [0.2, 0.25) is 0 Å². The second-order valence-corrected chi connectivity index (χ2v) is 7.33. The van der Waals surface area contributed by atoms with Crippen LogP contribution < -0.4 is 4.74 Å². The molecule has 0 saturated carbocycles. The SMILES string of the molecule is CC.CCOc1ccc(-c2ccc(C3N=C(c4c(F)cccc4F)O[C@@H]3C)c(C)c2)cc1. The molecule has 0 saturated heterocycles. The van der Waals surface area contributed by atoms with Crippen molar-refractivity contribution in [3.8, 4) is 16.9 Å². The zero-order valence-electron chi connectivity index (χ0n) is 19.2. The Morgan fingerprint density at radius 2 is 1.56 bits per heavy atom. The largest absolute Gasteiger partial charge is 0.494 e. The number of ether oxygens (including phenoxy) is 2. The van der Waals surface area contributed by atoms with Gasteiger partial charge in [0.2, 0.25) is 5.90 Å². The molecule has 1 aliphatic heterocycles. The molecule has 0 radical (unpaired) electrons. The molecular weight excluding hydrogens is 408 g/mol. The zero-order valence-corrected chi connectivity index (χ0v) is 19.2. The maximum absolute atomic E-state index is 14.1. The van der Waals surface area contributed by atoms with Crippen molar-refractivity contribution in [1.82, 2.24) is 0 Å². The first kappa shape index (κ1) is 23.5. The van der Waals surface area contributed by atoms with Gasteiger partial charge in [-0.05, 0) is 67.3 Å². The molecule has 3 nitrogen and oxygen atoms in total. The van der Waals surface area contributed by atoms with Crippen molar-refractivity contribution in [2.45, 2.75) is 46.8 Å². The van der Waals surface area contributed by atoms with Crippen LogP contribution >= 0.6 is 0 Å². The molecule has 2 atom stereocenters. The molecule has 0 aliphatic carbocycles. The van der Waals surface area contributed by atoms with Crippen LogP contribution in [0, 0.1) is 18.6 Å². The lowest BCUT2D eigenvalue weighted by Crippen LogP contribution is -2.14. The van der Waals surface area contributed by atoms with E-state index >= 15 is 0 Å². The van der Waals surface area contributed by atoms with Crippen LogP contribution in [0.4, 0.5) is 8.78 Å². The van der Waals surface area contributed by atoms with Gasteiger partial charge in [0.25, 0.3) is 0 Å². The van der Waals surface area contributed by atoms with Crippen LogP contribution in [0.5, 0.6) is 5.75 Å². The van der Waals surface area contributed by atoms with Crippen LogP contribution in [0.1, 0.15) is 50.4 Å². The molecule has 0 spiro atoms. The van der Waals surface area contributed by atoms with Crippen molar-refractivity contribution in [2.75, 3.05) is 6.61 Å². The number of aliphatic imine (C=N–C) groups is 1. The fourth-order valence-corrected chi connectivity index (χ4v) is 3.75. The Morgan fingerprint density at radius 1 is 0.938 bits per heavy atom. The van der Waals surface area contributed by atoms with E-state index in [9.17, 15) is 8.78 Å². The first-order valence-corrected chi connectivity index (χ1v) is 11.0. The van der Waals surface area contributed by atoms with E-state index in [1.807, 2.05) is 71.0 Å². The van der Waals surface area contributed by atoms with Crippen LogP contribution in [0.25, 0.3) is 11.1 Å². The van der Waals surface area contributed by atoms with E-state index in [-0.39, 0.29) is 23.6 Å². The van der Waals surface area contributed by atoms with Gasteiger partial charge in [-0.3, -0.25) is 0 Å². The van der Waals surface area contributed by atoms with Crippen molar-refractivity contribution in [3.63, 3.8) is 0 Å². The summed E-state index contributed by atoms with van der Waals surface area (Å²) in [5, 5.41) is 0. The lowest BCUT2D eigenvalue weighted by Gasteiger charge is -2.16. The average molecular weight is 438 g/mol. The van der Waals surface area contributed by atoms with Gasteiger partial charge in [0.1, 0.15) is 35.1 Å². The number of hydrogen-bond donors (Lipinski definition) is 0. The lowest BCUT2D eigenvalue weighted by molar-refractivity contribution is 0.212. The first-order valence-electron chi connectivity index (χ1n) is 11.0. The van der Waals surface area contributed by atoms with E-state index < -0.39 is 11.6 Å². The molecule has 3 aromatic rings. The minimum atomic E-state index is -0.677. The number of rotatable bonds is 5. The molecule has 0 fully saturated rings. The molecule has 0 bridgehead atoms. The standard InChI is InChI=1S/C25H23F2NO2.C2H6/c1-4-29-19-11-8-17(9-12-19)18-10-13-20(15(2)14-18)24-16(3)30-25(28-24)23-21(26)6-5-7-22(23)27;1-2/h5-14,16,24H,4H2,1-3H3;1-2H3/t16-,24?;/m1./s1. The number of halogens is 2. The Hall–Kier alpha value is -3.21. The minimum absolute atomic E-state index is 0.0121. The van der Waals surface area contributed by atoms with Crippen molar-refractivity contribution in [3.05, 3.63) is 89.0 Å². The highest BCUT2D eigenvalue weighted by Crippen LogP contribution is 2.35. The Labute approximate surface area is 188 Å². The van der Waals surface area contributed by atoms with Crippen molar-refractivity contribution in [1.29, 1.82) is 0 Å². The summed E-state index contributed by atoms with van der Waals surface area (Å²) in [6.45, 7) is 10.5. The van der Waals surface area contributed by atoms with E-state index in [1.54, 1.807) is 0 Å². The minimum Gasteiger partial charge on any atom is -0.494 e. The van der Waals surface area contributed by atoms with E-state index in [1.165, 1.54) is 18.2 Å². The highest BCUT2D eigenvalue weighted by molar-refractivity contribution is 5.96. The molecular formula is C27H29F2NO2. The summed E-state index contributed by atoms with van der Waals surface area (Å²) in [4.78, 5) is 4.52. The summed E-state index contributed by atoms with van der Waals surface area (Å²) >= 11 is 0. The fourth-order valence-electron chi connectivity index (χ4n) is 3.75. The molecule has 0 N–H and O–H groups in total. The molecule has 4 rings (SSSR count). The van der Waals surface area contributed by atoms with E-state index in [0.29, 0.717) is 6.61 Å². The topological polar surface area (TPSA) is 30.8 Å². The van der Waals surface area contributed by atoms with Gasteiger partial charge >= 0.3 is 0 Å². The number of aryl methyl sites for hydroxylation is 1. The monoisotopic (exact) mass is 437 g/mol. The first-order chi connectivity index (χ1) is 15.5. The molecule has 168 valence electrons. The third-order valence-corrected chi connectivity index (χ3v) is 5.26. The van der Waals surface area contributed by atoms with Gasteiger partial charge in [-0.1, -0.05) is 50.2 Å². The molecule has 1 unspecified atom stereocenters. The van der Waals surface area contributed by atoms with Gasteiger partial charge in [0.05, 0.1) is 6.61 Å². The Kier molecular flexibility index (Phi) is 7.62. The molecule has 5 heteroatoms. The second-order valence-electron chi connectivity index (χ2n) is 7.33. The third-order valence-electron chi connectivity index (χ3n) is 5.26. The van der Waals surface area contributed by atoms with E-state index in [2.05, 4.69) is 11.1 Å². The summed E-state index contributed by atoms with van der Waals surface area (Å²) in [7, 11) is 0. The van der Waals surface area contributed by atoms with Crippen LogP contribution in [0.3, 0.4) is 0 Å².